The van der Waals surface area contributed by atoms with Gasteiger partial charge >= 0.3 is 5.97 Å². The molecule has 0 spiro atoms. The predicted molar refractivity (Wildman–Crippen MR) is 73.4 cm³/mol. The highest BCUT2D eigenvalue weighted by Gasteiger charge is 2.18. The van der Waals surface area contributed by atoms with Crippen molar-refractivity contribution in [3.05, 3.63) is 34.5 Å². The van der Waals surface area contributed by atoms with Crippen molar-refractivity contribution >= 4 is 16.9 Å². The summed E-state index contributed by atoms with van der Waals surface area (Å²) in [6.07, 6.45) is 2.11. The van der Waals surface area contributed by atoms with Gasteiger partial charge in [-0.1, -0.05) is 13.8 Å². The largest absolute Gasteiger partial charge is 0.478 e. The first-order valence-electron chi connectivity index (χ1n) is 6.17. The molecule has 1 aromatic carbocycles. The van der Waals surface area contributed by atoms with Gasteiger partial charge in [0, 0.05) is 18.6 Å². The van der Waals surface area contributed by atoms with Crippen molar-refractivity contribution in [2.45, 2.75) is 33.6 Å². The van der Waals surface area contributed by atoms with Crippen molar-refractivity contribution in [1.29, 1.82) is 0 Å². The van der Waals surface area contributed by atoms with Gasteiger partial charge in [-0.3, -0.25) is 0 Å². The molecule has 0 atom stereocenters. The predicted octanol–water partition coefficient (Wildman–Crippen LogP) is 3.62. The second-order valence-corrected chi connectivity index (χ2v) is 5.24. The molecular weight excluding hydrogens is 226 g/mol. The number of hydrogen-bond acceptors (Lipinski definition) is 1. The van der Waals surface area contributed by atoms with Crippen LogP contribution in [-0.4, -0.2) is 15.6 Å². The number of hydrogen-bond donors (Lipinski definition) is 1. The maximum atomic E-state index is 11.3. The second kappa shape index (κ2) is 4.16. The van der Waals surface area contributed by atoms with Crippen molar-refractivity contribution in [2.24, 2.45) is 7.05 Å². The molecule has 0 amide bonds. The summed E-state index contributed by atoms with van der Waals surface area (Å²) in [5.74, 6) is -0.466. The van der Waals surface area contributed by atoms with E-state index in [0.29, 0.717) is 11.5 Å². The Labute approximate surface area is 107 Å². The third-order valence-electron chi connectivity index (χ3n) is 3.58. The molecule has 0 aliphatic rings. The molecule has 0 bridgehead atoms. The highest BCUT2D eigenvalue weighted by atomic mass is 16.4. The van der Waals surface area contributed by atoms with Gasteiger partial charge < -0.3 is 9.67 Å². The molecule has 1 aromatic heterocycles. The Morgan fingerprint density at radius 1 is 1.33 bits per heavy atom. The third kappa shape index (κ3) is 1.70. The number of carboxylic acids is 1. The Kier molecular flexibility index (Phi) is 2.93. The van der Waals surface area contributed by atoms with E-state index >= 15 is 0 Å². The SMILES string of the molecule is Cc1c(C(=O)O)cc(C)c2c1c(C(C)C)cn2C. The molecule has 3 heteroatoms. The van der Waals surface area contributed by atoms with Crippen molar-refractivity contribution < 1.29 is 9.90 Å². The van der Waals surface area contributed by atoms with Crippen LogP contribution >= 0.6 is 0 Å². The summed E-state index contributed by atoms with van der Waals surface area (Å²) in [6.45, 7) is 8.14. The summed E-state index contributed by atoms with van der Waals surface area (Å²) < 4.78 is 2.10. The molecule has 3 nitrogen and oxygen atoms in total. The summed E-state index contributed by atoms with van der Waals surface area (Å²) in [7, 11) is 2.01. The molecule has 2 aromatic rings. The molecule has 1 N–H and O–H groups in total. The number of aryl methyl sites for hydroxylation is 3. The fraction of sp³-hybridized carbons (Fsp3) is 0.400. The highest BCUT2D eigenvalue weighted by Crippen LogP contribution is 2.33. The molecule has 0 saturated heterocycles. The summed E-state index contributed by atoms with van der Waals surface area (Å²) in [4.78, 5) is 11.3. The number of fused-ring (bicyclic) bond motifs is 1. The van der Waals surface area contributed by atoms with Crippen LogP contribution < -0.4 is 0 Å². The van der Waals surface area contributed by atoms with E-state index in [4.69, 9.17) is 0 Å². The van der Waals surface area contributed by atoms with E-state index in [-0.39, 0.29) is 0 Å². The minimum absolute atomic E-state index is 0.385. The molecule has 0 unspecified atom stereocenters. The lowest BCUT2D eigenvalue weighted by Gasteiger charge is -2.10. The lowest BCUT2D eigenvalue weighted by molar-refractivity contribution is 0.0696. The Bertz CT molecular complexity index is 636. The van der Waals surface area contributed by atoms with Crippen LogP contribution in [0.3, 0.4) is 0 Å². The first-order chi connectivity index (χ1) is 8.34. The van der Waals surface area contributed by atoms with Gasteiger partial charge in [0.25, 0.3) is 0 Å². The Morgan fingerprint density at radius 2 is 1.94 bits per heavy atom. The van der Waals surface area contributed by atoms with Gasteiger partial charge in [-0.05, 0) is 42.5 Å². The van der Waals surface area contributed by atoms with Crippen LogP contribution in [0.5, 0.6) is 0 Å². The van der Waals surface area contributed by atoms with Crippen LogP contribution in [0.4, 0.5) is 0 Å². The summed E-state index contributed by atoms with van der Waals surface area (Å²) in [6, 6.07) is 1.77. The minimum atomic E-state index is -0.851. The number of carboxylic acid groups (broad SMARTS) is 1. The third-order valence-corrected chi connectivity index (χ3v) is 3.58. The van der Waals surface area contributed by atoms with E-state index in [1.807, 2.05) is 20.9 Å². The molecule has 0 fully saturated rings. The number of nitrogens with zero attached hydrogens (tertiary/aromatic N) is 1. The summed E-state index contributed by atoms with van der Waals surface area (Å²) in [5, 5.41) is 10.4. The zero-order chi connectivity index (χ0) is 13.6. The molecule has 2 rings (SSSR count). The second-order valence-electron chi connectivity index (χ2n) is 5.24. The number of carbonyl (C=O) groups is 1. The van der Waals surface area contributed by atoms with Crippen LogP contribution in [0.1, 0.15) is 46.8 Å². The standard InChI is InChI=1S/C15H19NO2/c1-8(2)12-7-16(5)14-9(3)6-11(15(17)18)10(4)13(12)14/h6-8H,1-5H3,(H,17,18). The highest BCUT2D eigenvalue weighted by molar-refractivity contribution is 6.00. The van der Waals surface area contributed by atoms with E-state index in [1.165, 1.54) is 5.56 Å². The molecule has 0 saturated carbocycles. The van der Waals surface area contributed by atoms with Gasteiger partial charge in [0.2, 0.25) is 0 Å². The summed E-state index contributed by atoms with van der Waals surface area (Å²) in [5.41, 5.74) is 4.65. The first-order valence-corrected chi connectivity index (χ1v) is 6.17. The number of aromatic nitrogens is 1. The zero-order valence-electron chi connectivity index (χ0n) is 11.5. The number of benzene rings is 1. The van der Waals surface area contributed by atoms with Crippen molar-refractivity contribution in [2.75, 3.05) is 0 Å². The van der Waals surface area contributed by atoms with Gasteiger partial charge in [-0.25, -0.2) is 4.79 Å². The minimum Gasteiger partial charge on any atom is -0.478 e. The molecule has 96 valence electrons. The van der Waals surface area contributed by atoms with E-state index in [0.717, 1.165) is 22.0 Å². The molecule has 18 heavy (non-hydrogen) atoms. The van der Waals surface area contributed by atoms with Crippen LogP contribution in [0.2, 0.25) is 0 Å². The monoisotopic (exact) mass is 245 g/mol. The van der Waals surface area contributed by atoms with Crippen molar-refractivity contribution in [3.63, 3.8) is 0 Å². The van der Waals surface area contributed by atoms with Crippen LogP contribution in [0, 0.1) is 13.8 Å². The lowest BCUT2D eigenvalue weighted by Crippen LogP contribution is -2.02. The van der Waals surface area contributed by atoms with Crippen molar-refractivity contribution in [1.82, 2.24) is 4.57 Å². The normalized spacial score (nSPS) is 11.4. The number of aromatic carboxylic acids is 1. The fourth-order valence-corrected chi connectivity index (χ4v) is 2.71. The van der Waals surface area contributed by atoms with Crippen LogP contribution in [0.25, 0.3) is 10.9 Å². The van der Waals surface area contributed by atoms with E-state index in [9.17, 15) is 9.90 Å². The smallest absolute Gasteiger partial charge is 0.335 e. The number of rotatable bonds is 2. The fourth-order valence-electron chi connectivity index (χ4n) is 2.71. The Hall–Kier alpha value is -1.77. The maximum absolute atomic E-state index is 11.3. The van der Waals surface area contributed by atoms with Gasteiger partial charge in [0.1, 0.15) is 0 Å². The van der Waals surface area contributed by atoms with Crippen LogP contribution in [0.15, 0.2) is 12.3 Å². The van der Waals surface area contributed by atoms with Gasteiger partial charge in [0.05, 0.1) is 11.1 Å². The summed E-state index contributed by atoms with van der Waals surface area (Å²) >= 11 is 0. The Morgan fingerprint density at radius 3 is 2.44 bits per heavy atom. The van der Waals surface area contributed by atoms with Crippen LogP contribution in [-0.2, 0) is 7.05 Å². The first kappa shape index (κ1) is 12.7. The van der Waals surface area contributed by atoms with Gasteiger partial charge in [-0.15, -0.1) is 0 Å². The average Bonchev–Trinajstić information content (AvgIpc) is 2.62. The Balaban J connectivity index is 2.97. The van der Waals surface area contributed by atoms with E-state index < -0.39 is 5.97 Å². The molecule has 1 heterocycles. The van der Waals surface area contributed by atoms with Gasteiger partial charge in [-0.2, -0.15) is 0 Å². The molecule has 0 radical (unpaired) electrons. The van der Waals surface area contributed by atoms with E-state index in [1.54, 1.807) is 6.07 Å². The molecule has 0 aliphatic heterocycles. The van der Waals surface area contributed by atoms with Crippen molar-refractivity contribution in [3.8, 4) is 0 Å². The topological polar surface area (TPSA) is 42.2 Å². The zero-order valence-corrected chi connectivity index (χ0v) is 11.5. The molecule has 0 aliphatic carbocycles. The average molecular weight is 245 g/mol. The van der Waals surface area contributed by atoms with Gasteiger partial charge in [0.15, 0.2) is 0 Å². The lowest BCUT2D eigenvalue weighted by atomic mass is 9.94. The molecular formula is C15H19NO2. The quantitative estimate of drug-likeness (QED) is 0.878. The maximum Gasteiger partial charge on any atom is 0.335 e. The van der Waals surface area contributed by atoms with E-state index in [2.05, 4.69) is 24.6 Å².